The summed E-state index contributed by atoms with van der Waals surface area (Å²) in [5.74, 6) is 0. The van der Waals surface area contributed by atoms with Crippen molar-refractivity contribution in [2.45, 2.75) is 38.3 Å². The maximum absolute atomic E-state index is 3.81. The number of nitrogens with zero attached hydrogens (tertiary/aromatic N) is 1. The molecule has 16 heavy (non-hydrogen) atoms. The van der Waals surface area contributed by atoms with E-state index in [1.165, 1.54) is 31.4 Å². The van der Waals surface area contributed by atoms with Gasteiger partial charge in [-0.05, 0) is 37.8 Å². The summed E-state index contributed by atoms with van der Waals surface area (Å²) in [6.07, 6.45) is 7.18. The van der Waals surface area contributed by atoms with Gasteiger partial charge in [-0.15, -0.1) is 6.58 Å². The molecule has 1 atom stereocenters. The zero-order chi connectivity index (χ0) is 11.2. The Morgan fingerprint density at radius 2 is 2.12 bits per heavy atom. The molecule has 1 heterocycles. The Kier molecular flexibility index (Phi) is 4.17. The third-order valence-electron chi connectivity index (χ3n) is 3.43. The molecule has 2 rings (SSSR count). The second-order valence-electron chi connectivity index (χ2n) is 4.62. The molecule has 0 bridgehead atoms. The highest BCUT2D eigenvalue weighted by Crippen LogP contribution is 2.23. The van der Waals surface area contributed by atoms with Gasteiger partial charge in [-0.3, -0.25) is 4.90 Å². The van der Waals surface area contributed by atoms with Crippen molar-refractivity contribution in [3.8, 4) is 0 Å². The lowest BCUT2D eigenvalue weighted by Gasteiger charge is -2.24. The van der Waals surface area contributed by atoms with Gasteiger partial charge in [0, 0.05) is 12.6 Å². The van der Waals surface area contributed by atoms with Crippen molar-refractivity contribution < 1.29 is 0 Å². The maximum atomic E-state index is 3.81. The summed E-state index contributed by atoms with van der Waals surface area (Å²) in [6, 6.07) is 11.6. The number of hydrogen-bond acceptors (Lipinski definition) is 1. The molecule has 1 heteroatoms. The molecule has 1 nitrogen and oxygen atoms in total. The third kappa shape index (κ3) is 2.96. The van der Waals surface area contributed by atoms with Crippen molar-refractivity contribution in [1.29, 1.82) is 0 Å². The molecule has 1 aliphatic heterocycles. The molecule has 1 aromatic rings. The molecule has 0 radical (unpaired) electrons. The minimum atomic E-state index is 0.776. The Balaban J connectivity index is 1.90. The van der Waals surface area contributed by atoms with Crippen molar-refractivity contribution in [3.05, 3.63) is 48.6 Å². The molecule has 0 saturated carbocycles. The molecule has 0 amide bonds. The molecule has 1 aromatic carbocycles. The number of likely N-dealkylation sites (tertiary alicyclic amines) is 1. The lowest BCUT2D eigenvalue weighted by atomic mass is 10.1. The van der Waals surface area contributed by atoms with Gasteiger partial charge in [0.15, 0.2) is 0 Å². The van der Waals surface area contributed by atoms with Crippen LogP contribution in [0, 0.1) is 0 Å². The van der Waals surface area contributed by atoms with Gasteiger partial charge in [-0.1, -0.05) is 36.4 Å². The average Bonchev–Trinajstić information content (AvgIpc) is 2.75. The zero-order valence-electron chi connectivity index (χ0n) is 9.94. The van der Waals surface area contributed by atoms with Crippen LogP contribution in [0.5, 0.6) is 0 Å². The predicted octanol–water partition coefficient (Wildman–Crippen LogP) is 3.62. The number of benzene rings is 1. The van der Waals surface area contributed by atoms with Gasteiger partial charge < -0.3 is 0 Å². The summed E-state index contributed by atoms with van der Waals surface area (Å²) in [7, 11) is 0. The van der Waals surface area contributed by atoms with Crippen LogP contribution in [0.3, 0.4) is 0 Å². The van der Waals surface area contributed by atoms with Crippen LogP contribution in [0.15, 0.2) is 43.0 Å². The summed E-state index contributed by atoms with van der Waals surface area (Å²) < 4.78 is 0. The summed E-state index contributed by atoms with van der Waals surface area (Å²) in [5.41, 5.74) is 1.44. The quantitative estimate of drug-likeness (QED) is 0.678. The SMILES string of the molecule is C=CCCC1CCCN1Cc1ccccc1. The first-order valence-corrected chi connectivity index (χ1v) is 6.29. The first-order chi connectivity index (χ1) is 7.90. The van der Waals surface area contributed by atoms with Crippen molar-refractivity contribution >= 4 is 0 Å². The second-order valence-corrected chi connectivity index (χ2v) is 4.62. The van der Waals surface area contributed by atoms with E-state index < -0.39 is 0 Å². The molecule has 1 saturated heterocycles. The molecule has 0 spiro atoms. The third-order valence-corrected chi connectivity index (χ3v) is 3.43. The van der Waals surface area contributed by atoms with Crippen LogP contribution in [-0.4, -0.2) is 17.5 Å². The highest BCUT2D eigenvalue weighted by Gasteiger charge is 2.23. The van der Waals surface area contributed by atoms with Crippen molar-refractivity contribution in [2.75, 3.05) is 6.54 Å². The Morgan fingerprint density at radius 3 is 2.88 bits per heavy atom. The molecule has 1 fully saturated rings. The standard InChI is InChI=1S/C15H21N/c1-2-3-10-15-11-7-12-16(15)13-14-8-5-4-6-9-14/h2,4-6,8-9,15H,1,3,7,10-13H2. The molecular formula is C15H21N. The van der Waals surface area contributed by atoms with E-state index in [-0.39, 0.29) is 0 Å². The van der Waals surface area contributed by atoms with E-state index in [0.717, 1.165) is 19.0 Å². The fourth-order valence-electron chi connectivity index (χ4n) is 2.56. The van der Waals surface area contributed by atoms with Crippen molar-refractivity contribution in [3.63, 3.8) is 0 Å². The minimum Gasteiger partial charge on any atom is -0.296 e. The summed E-state index contributed by atoms with van der Waals surface area (Å²) in [4.78, 5) is 2.62. The predicted molar refractivity (Wildman–Crippen MR) is 69.3 cm³/mol. The summed E-state index contributed by atoms with van der Waals surface area (Å²) in [6.45, 7) is 6.19. The summed E-state index contributed by atoms with van der Waals surface area (Å²) in [5, 5.41) is 0. The van der Waals surface area contributed by atoms with E-state index in [1.807, 2.05) is 6.08 Å². The van der Waals surface area contributed by atoms with E-state index in [4.69, 9.17) is 0 Å². The van der Waals surface area contributed by atoms with Gasteiger partial charge >= 0.3 is 0 Å². The number of rotatable bonds is 5. The van der Waals surface area contributed by atoms with Crippen LogP contribution in [0.25, 0.3) is 0 Å². The van der Waals surface area contributed by atoms with Gasteiger partial charge in [-0.2, -0.15) is 0 Å². The van der Waals surface area contributed by atoms with Gasteiger partial charge in [0.05, 0.1) is 0 Å². The molecule has 0 aliphatic carbocycles. The molecule has 0 aromatic heterocycles. The van der Waals surface area contributed by atoms with Gasteiger partial charge in [0.1, 0.15) is 0 Å². The number of allylic oxidation sites excluding steroid dienone is 1. The largest absolute Gasteiger partial charge is 0.296 e. The highest BCUT2D eigenvalue weighted by atomic mass is 15.2. The Bertz CT molecular complexity index is 317. The van der Waals surface area contributed by atoms with Gasteiger partial charge in [0.2, 0.25) is 0 Å². The molecule has 86 valence electrons. The Hall–Kier alpha value is -1.08. The van der Waals surface area contributed by atoms with Crippen molar-refractivity contribution in [1.82, 2.24) is 4.90 Å². The normalized spacial score (nSPS) is 21.1. The van der Waals surface area contributed by atoms with Crippen LogP contribution in [0.2, 0.25) is 0 Å². The molecule has 0 N–H and O–H groups in total. The lowest BCUT2D eigenvalue weighted by molar-refractivity contribution is 0.235. The van der Waals surface area contributed by atoms with E-state index in [1.54, 1.807) is 0 Å². The Labute approximate surface area is 98.8 Å². The van der Waals surface area contributed by atoms with Crippen LogP contribution >= 0.6 is 0 Å². The van der Waals surface area contributed by atoms with E-state index >= 15 is 0 Å². The highest BCUT2D eigenvalue weighted by molar-refractivity contribution is 5.14. The zero-order valence-corrected chi connectivity index (χ0v) is 9.94. The number of hydrogen-bond donors (Lipinski definition) is 0. The molecule has 1 aliphatic rings. The maximum Gasteiger partial charge on any atom is 0.0236 e. The Morgan fingerprint density at radius 1 is 1.31 bits per heavy atom. The lowest BCUT2D eigenvalue weighted by Crippen LogP contribution is -2.28. The van der Waals surface area contributed by atoms with Gasteiger partial charge in [0.25, 0.3) is 0 Å². The van der Waals surface area contributed by atoms with Crippen LogP contribution in [0.4, 0.5) is 0 Å². The van der Waals surface area contributed by atoms with Crippen LogP contribution in [-0.2, 0) is 6.54 Å². The summed E-state index contributed by atoms with van der Waals surface area (Å²) >= 11 is 0. The first kappa shape index (κ1) is 11.4. The smallest absolute Gasteiger partial charge is 0.0236 e. The van der Waals surface area contributed by atoms with E-state index in [9.17, 15) is 0 Å². The topological polar surface area (TPSA) is 3.24 Å². The van der Waals surface area contributed by atoms with Crippen LogP contribution < -0.4 is 0 Å². The van der Waals surface area contributed by atoms with Crippen LogP contribution in [0.1, 0.15) is 31.2 Å². The minimum absolute atomic E-state index is 0.776. The monoisotopic (exact) mass is 215 g/mol. The van der Waals surface area contributed by atoms with Gasteiger partial charge in [-0.25, -0.2) is 0 Å². The molecular weight excluding hydrogens is 194 g/mol. The fraction of sp³-hybridized carbons (Fsp3) is 0.467. The fourth-order valence-corrected chi connectivity index (χ4v) is 2.56. The second kappa shape index (κ2) is 5.86. The average molecular weight is 215 g/mol. The van der Waals surface area contributed by atoms with E-state index in [0.29, 0.717) is 0 Å². The first-order valence-electron chi connectivity index (χ1n) is 6.29. The molecule has 1 unspecified atom stereocenters. The van der Waals surface area contributed by atoms with Crippen molar-refractivity contribution in [2.24, 2.45) is 0 Å². The van der Waals surface area contributed by atoms with E-state index in [2.05, 4.69) is 41.8 Å².